The van der Waals surface area contributed by atoms with Crippen molar-refractivity contribution in [2.75, 3.05) is 18.1 Å². The number of anilines is 1. The lowest BCUT2D eigenvalue weighted by Gasteiger charge is -2.25. The Balaban J connectivity index is 2.28. The third kappa shape index (κ3) is 2.14. The Morgan fingerprint density at radius 1 is 1.38 bits per heavy atom. The average molecular weight is 221 g/mol. The van der Waals surface area contributed by atoms with Crippen LogP contribution in [0.4, 0.5) is 5.69 Å². The van der Waals surface area contributed by atoms with E-state index < -0.39 is 0 Å². The molecule has 0 bridgehead atoms. The van der Waals surface area contributed by atoms with Crippen LogP contribution >= 0.6 is 0 Å². The number of hydrogen-bond donors (Lipinski definition) is 2. The van der Waals surface area contributed by atoms with E-state index in [4.69, 9.17) is 0 Å². The SMILES string of the molecule is CCc1cc(O)cc(N2CCCC2CO)c1. The first kappa shape index (κ1) is 11.3. The summed E-state index contributed by atoms with van der Waals surface area (Å²) in [6.45, 7) is 3.24. The highest BCUT2D eigenvalue weighted by molar-refractivity contribution is 5.54. The second-order valence-corrected chi connectivity index (χ2v) is 4.38. The van der Waals surface area contributed by atoms with Crippen LogP contribution in [-0.2, 0) is 6.42 Å². The lowest BCUT2D eigenvalue weighted by atomic mass is 10.1. The molecule has 3 nitrogen and oxygen atoms in total. The molecular formula is C13H19NO2. The Morgan fingerprint density at radius 2 is 2.19 bits per heavy atom. The number of aryl methyl sites for hydroxylation is 1. The van der Waals surface area contributed by atoms with Crippen molar-refractivity contribution >= 4 is 5.69 Å². The Bertz CT molecular complexity index is 365. The zero-order valence-corrected chi connectivity index (χ0v) is 9.69. The third-order valence-electron chi connectivity index (χ3n) is 3.29. The van der Waals surface area contributed by atoms with Crippen LogP contribution in [0, 0.1) is 0 Å². The van der Waals surface area contributed by atoms with Gasteiger partial charge in [0.2, 0.25) is 0 Å². The topological polar surface area (TPSA) is 43.7 Å². The largest absolute Gasteiger partial charge is 0.508 e. The van der Waals surface area contributed by atoms with Gasteiger partial charge in [0.1, 0.15) is 5.75 Å². The maximum Gasteiger partial charge on any atom is 0.117 e. The third-order valence-corrected chi connectivity index (χ3v) is 3.29. The van der Waals surface area contributed by atoms with Gasteiger partial charge >= 0.3 is 0 Å². The molecule has 1 atom stereocenters. The molecule has 0 aromatic heterocycles. The number of aliphatic hydroxyl groups is 1. The monoisotopic (exact) mass is 221 g/mol. The molecule has 2 rings (SSSR count). The van der Waals surface area contributed by atoms with Crippen molar-refractivity contribution in [2.45, 2.75) is 32.2 Å². The van der Waals surface area contributed by atoms with Crippen LogP contribution < -0.4 is 4.90 Å². The first-order valence-electron chi connectivity index (χ1n) is 5.95. The van der Waals surface area contributed by atoms with Crippen molar-refractivity contribution in [3.05, 3.63) is 23.8 Å². The van der Waals surface area contributed by atoms with E-state index in [-0.39, 0.29) is 12.6 Å². The summed E-state index contributed by atoms with van der Waals surface area (Å²) in [6, 6.07) is 5.90. The smallest absolute Gasteiger partial charge is 0.117 e. The normalized spacial score (nSPS) is 20.4. The second-order valence-electron chi connectivity index (χ2n) is 4.38. The molecular weight excluding hydrogens is 202 g/mol. The number of nitrogens with zero attached hydrogens (tertiary/aromatic N) is 1. The Kier molecular flexibility index (Phi) is 3.34. The molecule has 1 aliphatic heterocycles. The van der Waals surface area contributed by atoms with Crippen LogP contribution in [0.1, 0.15) is 25.3 Å². The molecule has 1 aliphatic rings. The minimum atomic E-state index is 0.192. The highest BCUT2D eigenvalue weighted by atomic mass is 16.3. The van der Waals surface area contributed by atoms with Crippen molar-refractivity contribution in [3.63, 3.8) is 0 Å². The zero-order chi connectivity index (χ0) is 11.5. The van der Waals surface area contributed by atoms with Gasteiger partial charge in [-0.2, -0.15) is 0 Å². The minimum absolute atomic E-state index is 0.192. The van der Waals surface area contributed by atoms with Gasteiger partial charge in [0.05, 0.1) is 12.6 Å². The van der Waals surface area contributed by atoms with Crippen LogP contribution in [0.15, 0.2) is 18.2 Å². The summed E-state index contributed by atoms with van der Waals surface area (Å²) in [5.74, 6) is 0.318. The van der Waals surface area contributed by atoms with Gasteiger partial charge in [-0.25, -0.2) is 0 Å². The predicted molar refractivity (Wildman–Crippen MR) is 64.9 cm³/mol. The van der Waals surface area contributed by atoms with E-state index >= 15 is 0 Å². The molecule has 1 unspecified atom stereocenters. The molecule has 88 valence electrons. The number of phenolic OH excluding ortho intramolecular Hbond substituents is 1. The van der Waals surface area contributed by atoms with Gasteiger partial charge in [0.25, 0.3) is 0 Å². The first-order valence-corrected chi connectivity index (χ1v) is 5.95. The lowest BCUT2D eigenvalue weighted by Crippen LogP contribution is -2.31. The van der Waals surface area contributed by atoms with Gasteiger partial charge in [0, 0.05) is 18.3 Å². The number of rotatable bonds is 3. The molecule has 0 aliphatic carbocycles. The van der Waals surface area contributed by atoms with Crippen LogP contribution in [0.3, 0.4) is 0 Å². The van der Waals surface area contributed by atoms with Crippen molar-refractivity contribution in [2.24, 2.45) is 0 Å². The molecule has 1 aromatic carbocycles. The minimum Gasteiger partial charge on any atom is -0.508 e. The molecule has 0 amide bonds. The van der Waals surface area contributed by atoms with Gasteiger partial charge < -0.3 is 15.1 Å². The molecule has 1 aromatic rings. The molecule has 2 N–H and O–H groups in total. The van der Waals surface area contributed by atoms with E-state index in [0.717, 1.165) is 37.1 Å². The number of aliphatic hydroxyl groups excluding tert-OH is 1. The fourth-order valence-corrected chi connectivity index (χ4v) is 2.39. The fourth-order valence-electron chi connectivity index (χ4n) is 2.39. The summed E-state index contributed by atoms with van der Waals surface area (Å²) in [4.78, 5) is 2.19. The summed E-state index contributed by atoms with van der Waals surface area (Å²) in [7, 11) is 0. The molecule has 0 radical (unpaired) electrons. The maximum absolute atomic E-state index is 9.66. The quantitative estimate of drug-likeness (QED) is 0.819. The van der Waals surface area contributed by atoms with Gasteiger partial charge in [-0.1, -0.05) is 6.92 Å². The molecule has 1 fully saturated rings. The van der Waals surface area contributed by atoms with Crippen molar-refractivity contribution in [1.82, 2.24) is 0 Å². The number of aromatic hydroxyl groups is 1. The molecule has 3 heteroatoms. The molecule has 0 spiro atoms. The molecule has 0 saturated carbocycles. The van der Waals surface area contributed by atoms with E-state index in [9.17, 15) is 10.2 Å². The van der Waals surface area contributed by atoms with E-state index in [2.05, 4.69) is 17.9 Å². The number of hydrogen-bond acceptors (Lipinski definition) is 3. The predicted octanol–water partition coefficient (Wildman–Crippen LogP) is 1.92. The Labute approximate surface area is 96.3 Å². The highest BCUT2D eigenvalue weighted by Crippen LogP contribution is 2.29. The summed E-state index contributed by atoms with van der Waals surface area (Å²) in [5.41, 5.74) is 2.17. The standard InChI is InChI=1S/C13H19NO2/c1-2-10-6-12(8-13(16)7-10)14-5-3-4-11(14)9-15/h6-8,11,15-16H,2-5,9H2,1H3. The first-order chi connectivity index (χ1) is 7.74. The van der Waals surface area contributed by atoms with Crippen molar-refractivity contribution in [3.8, 4) is 5.75 Å². The summed E-state index contributed by atoms with van der Waals surface area (Å²) >= 11 is 0. The summed E-state index contributed by atoms with van der Waals surface area (Å²) in [6.07, 6.45) is 3.06. The van der Waals surface area contributed by atoms with Crippen LogP contribution in [0.25, 0.3) is 0 Å². The molecule has 16 heavy (non-hydrogen) atoms. The van der Waals surface area contributed by atoms with Crippen LogP contribution in [-0.4, -0.2) is 29.4 Å². The van der Waals surface area contributed by atoms with Crippen LogP contribution in [0.5, 0.6) is 5.75 Å². The van der Waals surface area contributed by atoms with E-state index in [1.807, 2.05) is 0 Å². The Hall–Kier alpha value is -1.22. The Morgan fingerprint density at radius 3 is 2.88 bits per heavy atom. The van der Waals surface area contributed by atoms with Crippen molar-refractivity contribution < 1.29 is 10.2 Å². The lowest BCUT2D eigenvalue weighted by molar-refractivity contribution is 0.266. The maximum atomic E-state index is 9.66. The summed E-state index contributed by atoms with van der Waals surface area (Å²) in [5, 5.41) is 18.9. The zero-order valence-electron chi connectivity index (χ0n) is 9.69. The number of phenols is 1. The van der Waals surface area contributed by atoms with Crippen molar-refractivity contribution in [1.29, 1.82) is 0 Å². The van der Waals surface area contributed by atoms with Gasteiger partial charge in [0.15, 0.2) is 0 Å². The van der Waals surface area contributed by atoms with Gasteiger partial charge in [-0.05, 0) is 37.0 Å². The van der Waals surface area contributed by atoms with E-state index in [0.29, 0.717) is 5.75 Å². The average Bonchev–Trinajstić information content (AvgIpc) is 2.76. The molecule has 1 heterocycles. The fraction of sp³-hybridized carbons (Fsp3) is 0.538. The van der Waals surface area contributed by atoms with Crippen LogP contribution in [0.2, 0.25) is 0 Å². The van der Waals surface area contributed by atoms with Gasteiger partial charge in [-0.3, -0.25) is 0 Å². The number of benzene rings is 1. The second kappa shape index (κ2) is 4.74. The van der Waals surface area contributed by atoms with E-state index in [1.165, 1.54) is 0 Å². The summed E-state index contributed by atoms with van der Waals surface area (Å²) < 4.78 is 0. The molecule has 1 saturated heterocycles. The van der Waals surface area contributed by atoms with Gasteiger partial charge in [-0.15, -0.1) is 0 Å². The van der Waals surface area contributed by atoms with E-state index in [1.54, 1.807) is 12.1 Å². The highest BCUT2D eigenvalue weighted by Gasteiger charge is 2.24.